The van der Waals surface area contributed by atoms with Gasteiger partial charge in [0.1, 0.15) is 12.4 Å². The van der Waals surface area contributed by atoms with Crippen molar-refractivity contribution in [3.63, 3.8) is 0 Å². The number of hydrogen-bond acceptors (Lipinski definition) is 1. The number of hydrogen-bond donors (Lipinski definition) is 0. The van der Waals surface area contributed by atoms with E-state index in [0.717, 1.165) is 0 Å². The monoisotopic (exact) mass is 200 g/mol. The first-order valence-electron chi connectivity index (χ1n) is 2.32. The van der Waals surface area contributed by atoms with Gasteiger partial charge in [-0.05, 0) is 0 Å². The summed E-state index contributed by atoms with van der Waals surface area (Å²) in [7, 11) is 5.63. The number of nitrogens with zero attached hydrogens (tertiary/aromatic N) is 2. The van der Waals surface area contributed by atoms with Crippen LogP contribution in [0.3, 0.4) is 0 Å². The molecule has 1 heterocycles. The van der Waals surface area contributed by atoms with Gasteiger partial charge >= 0.3 is 10.2 Å². The van der Waals surface area contributed by atoms with Gasteiger partial charge in [0.25, 0.3) is 6.33 Å². The molecule has 3 nitrogen and oxygen atoms in total. The second-order valence-electron chi connectivity index (χ2n) is 1.65. The Morgan fingerprint density at radius 1 is 1.70 bits per heavy atom. The van der Waals surface area contributed by atoms with Crippen molar-refractivity contribution in [2.45, 2.75) is 0 Å². The Morgan fingerprint density at radius 2 is 2.30 bits per heavy atom. The molecule has 0 saturated heterocycles. The molecule has 0 N–H and O–H groups in total. The summed E-state index contributed by atoms with van der Waals surface area (Å²) < 4.78 is 13.7. The molecule has 0 aliphatic rings. The third kappa shape index (κ3) is 2.28. The molecule has 0 aliphatic carbocycles. The molecule has 1 aromatic heterocycles. The molecular formula is C4H6Cl2N2OS. The van der Waals surface area contributed by atoms with E-state index in [-0.39, 0.29) is 12.4 Å². The molecule has 0 fully saturated rings. The number of aromatic nitrogens is 2. The first kappa shape index (κ1) is 9.94. The van der Waals surface area contributed by atoms with Crippen LogP contribution in [0.1, 0.15) is 0 Å². The summed E-state index contributed by atoms with van der Waals surface area (Å²) in [6.45, 7) is 0. The molecule has 0 radical (unpaired) electrons. The number of aryl methyl sites for hydroxylation is 1. The second-order valence-corrected chi connectivity index (χ2v) is 3.27. The molecule has 0 bridgehead atoms. The van der Waals surface area contributed by atoms with Gasteiger partial charge in [0.2, 0.25) is 0 Å². The van der Waals surface area contributed by atoms with Crippen LogP contribution in [0.5, 0.6) is 0 Å². The van der Waals surface area contributed by atoms with Crippen LogP contribution in [-0.4, -0.2) is 8.18 Å². The van der Waals surface area contributed by atoms with E-state index >= 15 is 0 Å². The molecule has 58 valence electrons. The van der Waals surface area contributed by atoms with Crippen LogP contribution < -0.4 is 17.0 Å². The van der Waals surface area contributed by atoms with Crippen LogP contribution in [0.4, 0.5) is 0 Å². The van der Waals surface area contributed by atoms with Crippen LogP contribution in [0.25, 0.3) is 0 Å². The molecule has 0 aliphatic heterocycles. The predicted molar refractivity (Wildman–Crippen MR) is 35.0 cm³/mol. The van der Waals surface area contributed by atoms with Crippen molar-refractivity contribution < 1.29 is 21.2 Å². The third-order valence-electron chi connectivity index (χ3n) is 0.910. The lowest BCUT2D eigenvalue weighted by atomic mass is 10.9. The minimum Gasteiger partial charge on any atom is -1.00 e. The standard InChI is InChI=1S/C4H6ClN2OS.ClH/c1-6-2-3-7(4-6)9(5)8;/h2-4H,1H3;1H/q+1;/p-1. The Morgan fingerprint density at radius 3 is 2.50 bits per heavy atom. The summed E-state index contributed by atoms with van der Waals surface area (Å²) in [4.78, 5) is 0. The van der Waals surface area contributed by atoms with E-state index in [4.69, 9.17) is 10.7 Å². The fourth-order valence-electron chi connectivity index (χ4n) is 0.512. The van der Waals surface area contributed by atoms with Crippen molar-refractivity contribution in [1.29, 1.82) is 0 Å². The number of rotatable bonds is 1. The van der Waals surface area contributed by atoms with Gasteiger partial charge in [0.05, 0.1) is 7.05 Å². The lowest BCUT2D eigenvalue weighted by molar-refractivity contribution is -0.670. The first-order valence-corrected chi connectivity index (χ1v) is 4.25. The van der Waals surface area contributed by atoms with E-state index in [1.807, 2.05) is 7.05 Å². The zero-order valence-corrected chi connectivity index (χ0v) is 7.53. The van der Waals surface area contributed by atoms with Crippen LogP contribution in [-0.2, 0) is 17.2 Å². The van der Waals surface area contributed by atoms with Crippen molar-refractivity contribution >= 4 is 20.9 Å². The van der Waals surface area contributed by atoms with Gasteiger partial charge in [-0.3, -0.25) is 0 Å². The smallest absolute Gasteiger partial charge is 0.308 e. The van der Waals surface area contributed by atoms with Crippen LogP contribution in [0.2, 0.25) is 0 Å². The largest absolute Gasteiger partial charge is 1.00 e. The van der Waals surface area contributed by atoms with E-state index < -0.39 is 10.2 Å². The zero-order valence-electron chi connectivity index (χ0n) is 5.20. The highest BCUT2D eigenvalue weighted by Gasteiger charge is 2.03. The summed E-state index contributed by atoms with van der Waals surface area (Å²) in [5.74, 6) is 0. The summed E-state index contributed by atoms with van der Waals surface area (Å²) in [5, 5.41) is 0. The quantitative estimate of drug-likeness (QED) is 0.351. The highest BCUT2D eigenvalue weighted by Crippen LogP contribution is 1.91. The number of imidazole rings is 1. The maximum absolute atomic E-state index is 10.5. The molecule has 1 atom stereocenters. The van der Waals surface area contributed by atoms with Crippen molar-refractivity contribution in [3.8, 4) is 0 Å². The Bertz CT molecular complexity index is 237. The molecule has 6 heteroatoms. The van der Waals surface area contributed by atoms with E-state index in [0.29, 0.717) is 0 Å². The maximum Gasteiger partial charge on any atom is 0.308 e. The van der Waals surface area contributed by atoms with Gasteiger partial charge in [0.15, 0.2) is 0 Å². The van der Waals surface area contributed by atoms with Crippen molar-refractivity contribution in [2.24, 2.45) is 7.05 Å². The van der Waals surface area contributed by atoms with E-state index in [1.165, 1.54) is 3.97 Å². The van der Waals surface area contributed by atoms with Crippen LogP contribution in [0.15, 0.2) is 18.7 Å². The average Bonchev–Trinajstić information content (AvgIpc) is 2.14. The van der Waals surface area contributed by atoms with Crippen LogP contribution in [0, 0.1) is 0 Å². The fraction of sp³-hybridized carbons (Fsp3) is 0.250. The molecule has 0 amide bonds. The van der Waals surface area contributed by atoms with Crippen LogP contribution >= 0.6 is 10.7 Å². The lowest BCUT2D eigenvalue weighted by Gasteiger charge is -1.78. The summed E-state index contributed by atoms with van der Waals surface area (Å²) in [5.41, 5.74) is 0. The lowest BCUT2D eigenvalue weighted by Crippen LogP contribution is -3.00. The van der Waals surface area contributed by atoms with Gasteiger partial charge in [-0.25, -0.2) is 4.57 Å². The minimum atomic E-state index is -1.44. The molecule has 0 saturated carbocycles. The predicted octanol–water partition coefficient (Wildman–Crippen LogP) is -3.02. The van der Waals surface area contributed by atoms with E-state index in [1.54, 1.807) is 23.3 Å². The third-order valence-corrected chi connectivity index (χ3v) is 1.94. The normalized spacial score (nSPS) is 12.2. The highest BCUT2D eigenvalue weighted by atomic mass is 35.7. The van der Waals surface area contributed by atoms with E-state index in [9.17, 15) is 4.21 Å². The molecule has 0 aromatic carbocycles. The Hall–Kier alpha value is -0.0600. The Labute approximate surface area is 72.1 Å². The summed E-state index contributed by atoms with van der Waals surface area (Å²) >= 11 is 0. The van der Waals surface area contributed by atoms with Gasteiger partial charge in [0, 0.05) is 10.7 Å². The molecule has 1 rings (SSSR count). The van der Waals surface area contributed by atoms with Gasteiger partial charge in [-0.15, -0.1) is 3.97 Å². The molecule has 10 heavy (non-hydrogen) atoms. The topological polar surface area (TPSA) is 25.9 Å². The van der Waals surface area contributed by atoms with Gasteiger partial charge in [-0.1, -0.05) is 0 Å². The summed E-state index contributed by atoms with van der Waals surface area (Å²) in [6.07, 6.45) is 5.05. The van der Waals surface area contributed by atoms with Gasteiger partial charge in [-0.2, -0.15) is 4.21 Å². The zero-order chi connectivity index (χ0) is 6.85. The van der Waals surface area contributed by atoms with E-state index in [2.05, 4.69) is 0 Å². The Balaban J connectivity index is 0.000000810. The Kier molecular flexibility index (Phi) is 3.93. The average molecular weight is 201 g/mol. The SMILES string of the molecule is C[n+]1ccn(S(=O)Cl)c1.[Cl-]. The second kappa shape index (κ2) is 3.95. The minimum absolute atomic E-state index is 0. The number of halogens is 2. The van der Waals surface area contributed by atoms with Crippen molar-refractivity contribution in [1.82, 2.24) is 3.97 Å². The van der Waals surface area contributed by atoms with Crippen molar-refractivity contribution in [3.05, 3.63) is 18.7 Å². The highest BCUT2D eigenvalue weighted by molar-refractivity contribution is 8.07. The molecular weight excluding hydrogens is 195 g/mol. The molecule has 1 aromatic rings. The molecule has 0 spiro atoms. The summed E-state index contributed by atoms with van der Waals surface area (Å²) in [6, 6.07) is 0. The molecule has 1 unspecified atom stereocenters. The first-order chi connectivity index (χ1) is 4.20. The van der Waals surface area contributed by atoms with Crippen molar-refractivity contribution in [2.75, 3.05) is 0 Å². The fourth-order valence-corrected chi connectivity index (χ4v) is 1.13. The maximum atomic E-state index is 10.5. The van der Waals surface area contributed by atoms with Gasteiger partial charge < -0.3 is 12.4 Å².